The Morgan fingerprint density at radius 1 is 1.22 bits per heavy atom. The number of carbonyl (C=O) groups excluding carboxylic acids is 1. The summed E-state index contributed by atoms with van der Waals surface area (Å²) in [5, 5.41) is 15.1. The molecule has 3 aromatic rings. The second kappa shape index (κ2) is 7.61. The van der Waals surface area contributed by atoms with E-state index >= 15 is 0 Å². The minimum atomic E-state index is -0.0319. The first-order valence-corrected chi connectivity index (χ1v) is 9.16. The third-order valence-corrected chi connectivity index (χ3v) is 5.01. The highest BCUT2D eigenvalue weighted by Gasteiger charge is 2.25. The summed E-state index contributed by atoms with van der Waals surface area (Å²) in [5.41, 5.74) is 3.24. The quantitative estimate of drug-likeness (QED) is 0.769. The van der Waals surface area contributed by atoms with Gasteiger partial charge in [0.1, 0.15) is 0 Å². The van der Waals surface area contributed by atoms with Crippen molar-refractivity contribution in [2.75, 3.05) is 13.1 Å². The summed E-state index contributed by atoms with van der Waals surface area (Å²) >= 11 is 0. The molecular weight excluding hydrogens is 342 g/mol. The fraction of sp³-hybridized carbons (Fsp3) is 0.368. The topological polar surface area (TPSA) is 80.9 Å². The van der Waals surface area contributed by atoms with Crippen LogP contribution in [-0.2, 0) is 13.6 Å². The van der Waals surface area contributed by atoms with E-state index in [1.54, 1.807) is 12.4 Å². The molecule has 0 bridgehead atoms. The van der Waals surface area contributed by atoms with E-state index in [2.05, 4.69) is 32.9 Å². The minimum Gasteiger partial charge on any atom is -0.334 e. The van der Waals surface area contributed by atoms with E-state index in [9.17, 15) is 4.79 Å². The summed E-state index contributed by atoms with van der Waals surface area (Å²) in [6.45, 7) is 1.94. The first-order chi connectivity index (χ1) is 13.2. The van der Waals surface area contributed by atoms with Gasteiger partial charge in [0, 0.05) is 39.1 Å². The van der Waals surface area contributed by atoms with Crippen molar-refractivity contribution < 1.29 is 4.79 Å². The second-order valence-corrected chi connectivity index (χ2v) is 6.82. The average molecular weight is 365 g/mol. The Balaban J connectivity index is 1.33. The van der Waals surface area contributed by atoms with Crippen molar-refractivity contribution in [3.05, 3.63) is 54.5 Å². The Bertz CT molecular complexity index is 885. The first-order valence-electron chi connectivity index (χ1n) is 9.16. The van der Waals surface area contributed by atoms with E-state index in [-0.39, 0.29) is 12.1 Å². The van der Waals surface area contributed by atoms with Crippen molar-refractivity contribution in [3.63, 3.8) is 0 Å². The maximum absolute atomic E-state index is 12.5. The maximum atomic E-state index is 12.5. The Morgan fingerprint density at radius 2 is 2.07 bits per heavy atom. The molecule has 1 aliphatic heterocycles. The van der Waals surface area contributed by atoms with Gasteiger partial charge in [-0.2, -0.15) is 5.10 Å². The molecule has 8 heteroatoms. The van der Waals surface area contributed by atoms with E-state index < -0.39 is 0 Å². The highest BCUT2D eigenvalue weighted by atomic mass is 16.2. The van der Waals surface area contributed by atoms with Crippen LogP contribution in [-0.4, -0.2) is 48.8 Å². The Hall–Kier alpha value is -3.16. The van der Waals surface area contributed by atoms with Gasteiger partial charge < -0.3 is 10.2 Å². The zero-order chi connectivity index (χ0) is 18.6. The lowest BCUT2D eigenvalue weighted by molar-refractivity contribution is 0.162. The first kappa shape index (κ1) is 17.3. The molecule has 1 aliphatic rings. The largest absolute Gasteiger partial charge is 0.334 e. The van der Waals surface area contributed by atoms with Gasteiger partial charge in [0.05, 0.1) is 17.9 Å². The molecule has 27 heavy (non-hydrogen) atoms. The van der Waals surface area contributed by atoms with E-state index in [1.807, 2.05) is 45.7 Å². The van der Waals surface area contributed by atoms with Crippen LogP contribution in [0.3, 0.4) is 0 Å². The van der Waals surface area contributed by atoms with Crippen LogP contribution in [0.1, 0.15) is 24.4 Å². The number of hydrogen-bond acceptors (Lipinski definition) is 4. The summed E-state index contributed by atoms with van der Waals surface area (Å²) in [4.78, 5) is 14.4. The fourth-order valence-electron chi connectivity index (χ4n) is 3.51. The molecule has 1 unspecified atom stereocenters. The smallest absolute Gasteiger partial charge is 0.317 e. The van der Waals surface area contributed by atoms with Crippen LogP contribution in [0.4, 0.5) is 4.79 Å². The van der Waals surface area contributed by atoms with Crippen LogP contribution < -0.4 is 5.32 Å². The highest BCUT2D eigenvalue weighted by Crippen LogP contribution is 2.21. The van der Waals surface area contributed by atoms with Gasteiger partial charge in [-0.3, -0.25) is 4.68 Å². The Morgan fingerprint density at radius 3 is 2.78 bits per heavy atom. The minimum absolute atomic E-state index is 0.0319. The van der Waals surface area contributed by atoms with E-state index in [0.717, 1.165) is 36.2 Å². The number of carbonyl (C=O) groups is 1. The number of urea groups is 1. The number of nitrogens with zero attached hydrogens (tertiary/aromatic N) is 6. The number of likely N-dealkylation sites (tertiary alicyclic amines) is 1. The summed E-state index contributed by atoms with van der Waals surface area (Å²) < 4.78 is 3.69. The lowest BCUT2D eigenvalue weighted by atomic mass is 10.1. The van der Waals surface area contributed by atoms with Gasteiger partial charge >= 0.3 is 6.03 Å². The fourth-order valence-corrected chi connectivity index (χ4v) is 3.51. The van der Waals surface area contributed by atoms with Crippen LogP contribution >= 0.6 is 0 Å². The number of nitrogens with one attached hydrogen (secondary N) is 1. The van der Waals surface area contributed by atoms with E-state index in [1.165, 1.54) is 0 Å². The molecule has 140 valence electrons. The molecule has 1 N–H and O–H groups in total. The molecule has 8 nitrogen and oxygen atoms in total. The molecule has 4 rings (SSSR count). The van der Waals surface area contributed by atoms with Gasteiger partial charge in [0.2, 0.25) is 0 Å². The monoisotopic (exact) mass is 365 g/mol. The van der Waals surface area contributed by atoms with Crippen LogP contribution in [0, 0.1) is 0 Å². The molecule has 0 spiro atoms. The molecule has 3 heterocycles. The third-order valence-electron chi connectivity index (χ3n) is 5.01. The number of hydrogen-bond donors (Lipinski definition) is 1. The van der Waals surface area contributed by atoms with Gasteiger partial charge in [-0.1, -0.05) is 29.5 Å². The molecule has 1 atom stereocenters. The lowest BCUT2D eigenvalue weighted by Gasteiger charge is -2.32. The molecule has 1 aromatic carbocycles. The van der Waals surface area contributed by atoms with Crippen molar-refractivity contribution in [1.82, 2.24) is 35.0 Å². The highest BCUT2D eigenvalue weighted by molar-refractivity contribution is 5.74. The predicted octanol–water partition coefficient (Wildman–Crippen LogP) is 2.23. The van der Waals surface area contributed by atoms with Crippen LogP contribution in [0.5, 0.6) is 0 Å². The number of amides is 2. The van der Waals surface area contributed by atoms with Gasteiger partial charge in [-0.25, -0.2) is 9.48 Å². The van der Waals surface area contributed by atoms with Gasteiger partial charge in [0.15, 0.2) is 0 Å². The lowest BCUT2D eigenvalue weighted by Crippen LogP contribution is -2.45. The number of aryl methyl sites for hydroxylation is 1. The maximum Gasteiger partial charge on any atom is 0.317 e. The number of piperidine rings is 1. The van der Waals surface area contributed by atoms with Crippen molar-refractivity contribution >= 4 is 6.03 Å². The summed E-state index contributed by atoms with van der Waals surface area (Å²) in [7, 11) is 1.93. The van der Waals surface area contributed by atoms with Crippen molar-refractivity contribution in [2.24, 2.45) is 7.05 Å². The molecule has 2 amide bonds. The van der Waals surface area contributed by atoms with E-state index in [4.69, 9.17) is 0 Å². The van der Waals surface area contributed by atoms with Crippen molar-refractivity contribution in [3.8, 4) is 11.3 Å². The van der Waals surface area contributed by atoms with Crippen molar-refractivity contribution in [1.29, 1.82) is 0 Å². The molecule has 0 saturated carbocycles. The van der Waals surface area contributed by atoms with Crippen molar-refractivity contribution in [2.45, 2.75) is 25.4 Å². The number of rotatable bonds is 4. The predicted molar refractivity (Wildman–Crippen MR) is 101 cm³/mol. The standard InChI is InChI=1S/C19H23N7O/c1-24-18(8-9-22-24)16-6-4-15(5-7-16)13-20-19(27)25-11-2-3-17(14-25)26-12-10-21-23-26/h4-10,12,17H,2-3,11,13-14H2,1H3,(H,20,27). The Labute approximate surface area is 157 Å². The van der Waals surface area contributed by atoms with Crippen LogP contribution in [0.15, 0.2) is 48.9 Å². The van der Waals surface area contributed by atoms with E-state index in [0.29, 0.717) is 13.1 Å². The second-order valence-electron chi connectivity index (χ2n) is 6.82. The Kier molecular flexibility index (Phi) is 4.86. The molecule has 0 aliphatic carbocycles. The van der Waals surface area contributed by atoms with Crippen LogP contribution in [0.25, 0.3) is 11.3 Å². The molecule has 1 saturated heterocycles. The molecule has 0 radical (unpaired) electrons. The number of benzene rings is 1. The molecular formula is C19H23N7O. The molecule has 1 fully saturated rings. The van der Waals surface area contributed by atoms with Crippen LogP contribution in [0.2, 0.25) is 0 Å². The zero-order valence-corrected chi connectivity index (χ0v) is 15.3. The average Bonchev–Trinajstić information content (AvgIpc) is 3.38. The number of aromatic nitrogens is 5. The normalized spacial score (nSPS) is 17.1. The summed E-state index contributed by atoms with van der Waals surface area (Å²) in [6.07, 6.45) is 7.30. The zero-order valence-electron chi connectivity index (χ0n) is 15.3. The van der Waals surface area contributed by atoms with Gasteiger partial charge in [-0.15, -0.1) is 5.10 Å². The molecule has 2 aromatic heterocycles. The summed E-state index contributed by atoms with van der Waals surface area (Å²) in [5.74, 6) is 0. The summed E-state index contributed by atoms with van der Waals surface area (Å²) in [6, 6.07) is 10.3. The van der Waals surface area contributed by atoms with Gasteiger partial charge in [0.25, 0.3) is 0 Å². The third kappa shape index (κ3) is 3.84. The van der Waals surface area contributed by atoms with Gasteiger partial charge in [-0.05, 0) is 30.0 Å². The SMILES string of the molecule is Cn1nccc1-c1ccc(CNC(=O)N2CCCC(n3ccnn3)C2)cc1.